The van der Waals surface area contributed by atoms with E-state index in [-0.39, 0.29) is 12.4 Å². The monoisotopic (exact) mass is 144 g/mol. The molecule has 0 aliphatic carbocycles. The van der Waals surface area contributed by atoms with E-state index in [4.69, 9.17) is 0 Å². The third-order valence-electron chi connectivity index (χ3n) is 0.937. The minimum atomic E-state index is 0. The Morgan fingerprint density at radius 3 is 2.89 bits per heavy atom. The van der Waals surface area contributed by atoms with Gasteiger partial charge in [-0.25, -0.2) is 0 Å². The number of hydrogen-bond donors (Lipinski definition) is 0. The van der Waals surface area contributed by atoms with Crippen molar-refractivity contribution < 1.29 is 9.53 Å². The normalized spacial score (nSPS) is 13.1. The summed E-state index contributed by atoms with van der Waals surface area (Å²) in [6.45, 7) is 0.443. The van der Waals surface area contributed by atoms with Crippen molar-refractivity contribution in [3.05, 3.63) is 23.8 Å². The molecule has 0 N–H and O–H groups in total. The molecule has 0 aromatic rings. The van der Waals surface area contributed by atoms with Crippen LogP contribution in [0.2, 0.25) is 0 Å². The lowest BCUT2D eigenvalue weighted by atomic mass is 9.80. The molecule has 2 nitrogen and oxygen atoms in total. The van der Waals surface area contributed by atoms with Crippen LogP contribution in [0, 0.1) is 0 Å². The number of ether oxygens (including phenoxy) is 1. The van der Waals surface area contributed by atoms with E-state index in [1.807, 2.05) is 12.1 Å². The molecule has 0 saturated heterocycles. The predicted molar refractivity (Wildman–Crippen MR) is 38.8 cm³/mol. The van der Waals surface area contributed by atoms with Gasteiger partial charge in [-0.05, 0) is 6.08 Å². The molecule has 4 heteroatoms. The third kappa shape index (κ3) is 2.37. The van der Waals surface area contributed by atoms with Gasteiger partial charge in [-0.3, -0.25) is 4.79 Å². The molecule has 0 atom stereocenters. The van der Waals surface area contributed by atoms with Crippen LogP contribution in [0.1, 0.15) is 0 Å². The molecule has 0 amide bonds. The molecule has 9 heavy (non-hydrogen) atoms. The number of hydrogen-bond acceptors (Lipinski definition) is 2. The second kappa shape index (κ2) is 4.21. The second-order valence-corrected chi connectivity index (χ2v) is 1.48. The van der Waals surface area contributed by atoms with Crippen molar-refractivity contribution in [1.29, 1.82) is 0 Å². The lowest BCUT2D eigenvalue weighted by molar-refractivity contribution is -0.124. The van der Waals surface area contributed by atoms with Gasteiger partial charge in [0.05, 0.1) is 5.66 Å². The van der Waals surface area contributed by atoms with E-state index in [0.717, 1.165) is 12.9 Å². The summed E-state index contributed by atoms with van der Waals surface area (Å²) in [4.78, 5) is 9.67. The predicted octanol–water partition coefficient (Wildman–Crippen LogP) is 0.386. The molecule has 0 fully saturated rings. The van der Waals surface area contributed by atoms with Crippen molar-refractivity contribution in [1.82, 2.24) is 0 Å². The molecule has 1 rings (SSSR count). The van der Waals surface area contributed by atoms with Crippen LogP contribution in [0.25, 0.3) is 0 Å². The third-order valence-corrected chi connectivity index (χ3v) is 0.937. The maximum atomic E-state index is 9.67. The van der Waals surface area contributed by atoms with Gasteiger partial charge in [0, 0.05) is 0 Å². The van der Waals surface area contributed by atoms with Gasteiger partial charge in [0.25, 0.3) is 6.47 Å². The summed E-state index contributed by atoms with van der Waals surface area (Å²) in [7, 11) is 0.749. The standard InChI is InChI=1S/C5H5BO2.ClH/c7-4-8-5-2-1-3-6-5;/h1-4,6H;1H. The van der Waals surface area contributed by atoms with E-state index >= 15 is 0 Å². The summed E-state index contributed by atoms with van der Waals surface area (Å²) >= 11 is 0. The Kier molecular flexibility index (Phi) is 3.89. The van der Waals surface area contributed by atoms with Crippen LogP contribution in [-0.4, -0.2) is 13.8 Å². The highest BCUT2D eigenvalue weighted by Crippen LogP contribution is 1.99. The van der Waals surface area contributed by atoms with Gasteiger partial charge in [-0.1, -0.05) is 6.08 Å². The van der Waals surface area contributed by atoms with Crippen molar-refractivity contribution in [2.45, 2.75) is 0 Å². The van der Waals surface area contributed by atoms with Crippen LogP contribution in [0.15, 0.2) is 23.8 Å². The largest absolute Gasteiger partial charge is 0.444 e. The number of halogens is 1. The average molecular weight is 144 g/mol. The van der Waals surface area contributed by atoms with Crippen LogP contribution in [0.4, 0.5) is 0 Å². The molecule has 0 bridgehead atoms. The Bertz CT molecular complexity index is 153. The summed E-state index contributed by atoms with van der Waals surface area (Å²) < 4.78 is 4.52. The van der Waals surface area contributed by atoms with Gasteiger partial charge >= 0.3 is 0 Å². The molecule has 1 aliphatic rings. The fourth-order valence-electron chi connectivity index (χ4n) is 0.577. The van der Waals surface area contributed by atoms with Gasteiger partial charge in [0.1, 0.15) is 0 Å². The Balaban J connectivity index is 0.000000640. The van der Waals surface area contributed by atoms with Gasteiger partial charge in [-0.15, -0.1) is 18.4 Å². The number of allylic oxidation sites excluding steroid dienone is 2. The molecule has 48 valence electrons. The van der Waals surface area contributed by atoms with Gasteiger partial charge in [0.15, 0.2) is 0 Å². The first-order valence-electron chi connectivity index (χ1n) is 2.39. The summed E-state index contributed by atoms with van der Waals surface area (Å²) in [5.74, 6) is 1.93. The second-order valence-electron chi connectivity index (χ2n) is 1.48. The summed E-state index contributed by atoms with van der Waals surface area (Å²) in [5, 5.41) is 0. The molecule has 1 heterocycles. The van der Waals surface area contributed by atoms with Crippen molar-refractivity contribution in [3.63, 3.8) is 0 Å². The zero-order valence-electron chi connectivity index (χ0n) is 4.74. The van der Waals surface area contributed by atoms with Gasteiger partial charge < -0.3 is 4.74 Å². The summed E-state index contributed by atoms with van der Waals surface area (Å²) in [6, 6.07) is 0. The highest BCUT2D eigenvalue weighted by Gasteiger charge is 1.99. The Morgan fingerprint density at radius 1 is 1.67 bits per heavy atom. The molecule has 0 unspecified atom stereocenters. The van der Waals surface area contributed by atoms with Crippen LogP contribution in [0.3, 0.4) is 0 Å². The lowest BCUT2D eigenvalue weighted by Crippen LogP contribution is -1.92. The average Bonchev–Trinajstić information content (AvgIpc) is 2.19. The molecule has 0 aromatic carbocycles. The van der Waals surface area contributed by atoms with E-state index in [1.54, 1.807) is 6.08 Å². The van der Waals surface area contributed by atoms with Crippen molar-refractivity contribution >= 4 is 26.2 Å². The van der Waals surface area contributed by atoms with E-state index in [0.29, 0.717) is 6.47 Å². The minimum Gasteiger partial charge on any atom is -0.444 e. The zero-order valence-corrected chi connectivity index (χ0v) is 5.56. The first-order chi connectivity index (χ1) is 3.93. The maximum absolute atomic E-state index is 9.67. The smallest absolute Gasteiger partial charge is 0.297 e. The Morgan fingerprint density at radius 2 is 2.44 bits per heavy atom. The van der Waals surface area contributed by atoms with Crippen LogP contribution in [0.5, 0.6) is 0 Å². The highest BCUT2D eigenvalue weighted by atomic mass is 35.5. The van der Waals surface area contributed by atoms with Crippen LogP contribution < -0.4 is 0 Å². The van der Waals surface area contributed by atoms with Crippen molar-refractivity contribution in [3.8, 4) is 0 Å². The Labute approximate surface area is 60.2 Å². The summed E-state index contributed by atoms with van der Waals surface area (Å²) in [5.41, 5.74) is 0.722. The zero-order chi connectivity index (χ0) is 5.82. The quantitative estimate of drug-likeness (QED) is 0.414. The molecule has 0 saturated carbocycles. The highest BCUT2D eigenvalue weighted by molar-refractivity contribution is 6.51. The van der Waals surface area contributed by atoms with Crippen molar-refractivity contribution in [2.75, 3.05) is 0 Å². The van der Waals surface area contributed by atoms with Crippen LogP contribution >= 0.6 is 12.4 Å². The number of carbonyl (C=O) groups is 1. The van der Waals surface area contributed by atoms with Gasteiger partial charge in [-0.2, -0.15) is 0 Å². The molecule has 0 spiro atoms. The number of carbonyl (C=O) groups excluding carboxylic acids is 1. The fourth-order valence-corrected chi connectivity index (χ4v) is 0.577. The molecule has 0 radical (unpaired) electrons. The molecule has 1 aliphatic heterocycles. The van der Waals surface area contributed by atoms with E-state index in [2.05, 4.69) is 4.74 Å². The van der Waals surface area contributed by atoms with E-state index in [1.165, 1.54) is 0 Å². The summed E-state index contributed by atoms with van der Waals surface area (Å²) in [6.07, 6.45) is 3.63. The maximum Gasteiger partial charge on any atom is 0.297 e. The lowest BCUT2D eigenvalue weighted by Gasteiger charge is -1.91. The minimum absolute atomic E-state index is 0. The van der Waals surface area contributed by atoms with Crippen LogP contribution in [-0.2, 0) is 9.53 Å². The van der Waals surface area contributed by atoms with E-state index in [9.17, 15) is 4.79 Å². The first kappa shape index (κ1) is 8.30. The van der Waals surface area contributed by atoms with E-state index < -0.39 is 0 Å². The molecular formula is C5H6BClO2. The fraction of sp³-hybridized carbons (Fsp3) is 0. The topological polar surface area (TPSA) is 26.3 Å². The molecule has 0 aromatic heterocycles. The molecular weight excluding hydrogens is 138 g/mol. The van der Waals surface area contributed by atoms with Crippen molar-refractivity contribution in [2.24, 2.45) is 0 Å². The first-order valence-corrected chi connectivity index (χ1v) is 2.39. The SMILES string of the molecule is Cl.O=COC1=CC=CB1. The van der Waals surface area contributed by atoms with Gasteiger partial charge in [0.2, 0.25) is 7.28 Å². The Hall–Kier alpha value is -0.695. The number of rotatable bonds is 2.